The number of nitrogens with zero attached hydrogens (tertiary/aromatic N) is 2. The number of likely N-dealkylation sites (N-methyl/N-ethyl adjacent to an activating group) is 1. The molecular weight excluding hydrogens is 411 g/mol. The third-order valence-corrected chi connectivity index (χ3v) is 5.66. The Morgan fingerprint density at radius 3 is 2.48 bits per heavy atom. The van der Waals surface area contributed by atoms with Crippen LogP contribution in [-0.2, 0) is 16.0 Å². The topological polar surface area (TPSA) is 64.7 Å². The molecule has 2 amide bonds. The van der Waals surface area contributed by atoms with E-state index in [1.165, 1.54) is 0 Å². The molecule has 29 heavy (non-hydrogen) atoms. The van der Waals surface area contributed by atoms with Crippen LogP contribution in [0.15, 0.2) is 24.3 Å². The van der Waals surface area contributed by atoms with Crippen LogP contribution in [0.1, 0.15) is 31.2 Å². The van der Waals surface area contributed by atoms with Crippen molar-refractivity contribution in [3.8, 4) is 0 Å². The standard InChI is InChI=1S/C21H32N4O2.2ClH/c1-24-11-13-25(14-12-24)21(27)16-18-3-2-4-19(15-18)23-20(26)6-5-17-7-9-22-10-8-17;;/h2-4,15,17,22H,5-14,16H2,1H3,(H,23,26);2*1H. The first kappa shape index (κ1) is 25.7. The Kier molecular flexibility index (Phi) is 11.6. The fraction of sp³-hybridized carbons (Fsp3) is 0.619. The van der Waals surface area contributed by atoms with E-state index in [0.717, 1.165) is 69.8 Å². The van der Waals surface area contributed by atoms with Crippen LogP contribution in [0.25, 0.3) is 0 Å². The number of anilines is 1. The lowest BCUT2D eigenvalue weighted by Gasteiger charge is -2.32. The van der Waals surface area contributed by atoms with Crippen LogP contribution >= 0.6 is 24.8 Å². The SMILES string of the molecule is CN1CCN(C(=O)Cc2cccc(NC(=O)CCC3CCNCC3)c2)CC1.Cl.Cl. The first-order valence-electron chi connectivity index (χ1n) is 10.2. The molecule has 3 rings (SSSR count). The van der Waals surface area contributed by atoms with Crippen LogP contribution < -0.4 is 10.6 Å². The molecule has 0 unspecified atom stereocenters. The van der Waals surface area contributed by atoms with Crippen molar-refractivity contribution in [3.63, 3.8) is 0 Å². The van der Waals surface area contributed by atoms with Gasteiger partial charge in [0, 0.05) is 38.3 Å². The van der Waals surface area contributed by atoms with Gasteiger partial charge in [-0.05, 0) is 63.0 Å². The second kappa shape index (κ2) is 13.1. The molecule has 0 radical (unpaired) electrons. The average Bonchev–Trinajstić information content (AvgIpc) is 2.68. The van der Waals surface area contributed by atoms with Gasteiger partial charge in [0.15, 0.2) is 0 Å². The van der Waals surface area contributed by atoms with E-state index in [-0.39, 0.29) is 36.6 Å². The number of benzene rings is 1. The number of piperazine rings is 1. The smallest absolute Gasteiger partial charge is 0.227 e. The van der Waals surface area contributed by atoms with Gasteiger partial charge in [0.2, 0.25) is 11.8 Å². The van der Waals surface area contributed by atoms with Crippen molar-refractivity contribution in [3.05, 3.63) is 29.8 Å². The number of halogens is 2. The molecule has 2 fully saturated rings. The van der Waals surface area contributed by atoms with Gasteiger partial charge in [0.05, 0.1) is 6.42 Å². The number of nitrogens with one attached hydrogen (secondary N) is 2. The maximum absolute atomic E-state index is 12.5. The zero-order valence-electron chi connectivity index (χ0n) is 17.2. The second-order valence-corrected chi connectivity index (χ2v) is 7.84. The predicted molar refractivity (Wildman–Crippen MR) is 122 cm³/mol. The first-order valence-corrected chi connectivity index (χ1v) is 10.2. The molecular formula is C21H34Cl2N4O2. The number of hydrogen-bond donors (Lipinski definition) is 2. The lowest BCUT2D eigenvalue weighted by atomic mass is 9.93. The summed E-state index contributed by atoms with van der Waals surface area (Å²) in [6.45, 7) is 5.58. The Hall–Kier alpha value is -1.34. The van der Waals surface area contributed by atoms with E-state index in [4.69, 9.17) is 0 Å². The molecule has 8 heteroatoms. The van der Waals surface area contributed by atoms with Gasteiger partial charge in [-0.15, -0.1) is 24.8 Å². The Morgan fingerprint density at radius 2 is 1.79 bits per heavy atom. The lowest BCUT2D eigenvalue weighted by Crippen LogP contribution is -2.47. The van der Waals surface area contributed by atoms with Gasteiger partial charge in [0.25, 0.3) is 0 Å². The third kappa shape index (κ3) is 8.51. The molecule has 1 aromatic rings. The van der Waals surface area contributed by atoms with E-state index < -0.39 is 0 Å². The molecule has 1 aromatic carbocycles. The summed E-state index contributed by atoms with van der Waals surface area (Å²) in [5.74, 6) is 0.887. The summed E-state index contributed by atoms with van der Waals surface area (Å²) < 4.78 is 0. The number of rotatable bonds is 6. The largest absolute Gasteiger partial charge is 0.340 e. The van der Waals surface area contributed by atoms with Crippen molar-refractivity contribution < 1.29 is 9.59 Å². The molecule has 2 heterocycles. The maximum Gasteiger partial charge on any atom is 0.227 e. The molecule has 6 nitrogen and oxygen atoms in total. The number of carbonyl (C=O) groups excluding carboxylic acids is 2. The Morgan fingerprint density at radius 1 is 1.10 bits per heavy atom. The minimum absolute atomic E-state index is 0. The highest BCUT2D eigenvalue weighted by Crippen LogP contribution is 2.19. The molecule has 0 bridgehead atoms. The summed E-state index contributed by atoms with van der Waals surface area (Å²) in [6.07, 6.45) is 4.24. The van der Waals surface area contributed by atoms with Gasteiger partial charge in [-0.25, -0.2) is 0 Å². The molecule has 164 valence electrons. The Labute approximate surface area is 186 Å². The molecule has 2 aliphatic heterocycles. The van der Waals surface area contributed by atoms with Crippen molar-refractivity contribution in [2.45, 2.75) is 32.1 Å². The fourth-order valence-electron chi connectivity index (χ4n) is 3.83. The lowest BCUT2D eigenvalue weighted by molar-refractivity contribution is -0.132. The monoisotopic (exact) mass is 444 g/mol. The van der Waals surface area contributed by atoms with Crippen LogP contribution in [0.2, 0.25) is 0 Å². The highest BCUT2D eigenvalue weighted by Gasteiger charge is 2.19. The number of carbonyl (C=O) groups is 2. The summed E-state index contributed by atoms with van der Waals surface area (Å²) in [7, 11) is 2.08. The predicted octanol–water partition coefficient (Wildman–Crippen LogP) is 2.57. The van der Waals surface area contributed by atoms with Gasteiger partial charge < -0.3 is 20.4 Å². The van der Waals surface area contributed by atoms with Gasteiger partial charge in [-0.2, -0.15) is 0 Å². The molecule has 0 aromatic heterocycles. The summed E-state index contributed by atoms with van der Waals surface area (Å²) >= 11 is 0. The maximum atomic E-state index is 12.5. The molecule has 2 N–H and O–H groups in total. The zero-order chi connectivity index (χ0) is 19.1. The van der Waals surface area contributed by atoms with Crippen molar-refractivity contribution in [2.24, 2.45) is 5.92 Å². The minimum atomic E-state index is 0. The number of amides is 2. The van der Waals surface area contributed by atoms with E-state index in [1.54, 1.807) is 0 Å². The molecule has 0 saturated carbocycles. The Balaban J connectivity index is 0.00000210. The van der Waals surface area contributed by atoms with Crippen molar-refractivity contribution >= 4 is 42.3 Å². The van der Waals surface area contributed by atoms with Gasteiger partial charge in [-0.1, -0.05) is 12.1 Å². The second-order valence-electron chi connectivity index (χ2n) is 7.84. The van der Waals surface area contributed by atoms with Crippen molar-refractivity contribution in [1.29, 1.82) is 0 Å². The van der Waals surface area contributed by atoms with Crippen molar-refractivity contribution in [2.75, 3.05) is 51.6 Å². The summed E-state index contributed by atoms with van der Waals surface area (Å²) in [5.41, 5.74) is 1.74. The van der Waals surface area contributed by atoms with E-state index in [9.17, 15) is 9.59 Å². The average molecular weight is 445 g/mol. The summed E-state index contributed by atoms with van der Waals surface area (Å²) in [5, 5.41) is 6.35. The van der Waals surface area contributed by atoms with E-state index in [0.29, 0.717) is 18.8 Å². The van der Waals surface area contributed by atoms with Crippen molar-refractivity contribution in [1.82, 2.24) is 15.1 Å². The van der Waals surface area contributed by atoms with Crippen LogP contribution in [0, 0.1) is 5.92 Å². The number of piperidine rings is 1. The molecule has 0 aliphatic carbocycles. The summed E-state index contributed by atoms with van der Waals surface area (Å²) in [6, 6.07) is 7.69. The zero-order valence-corrected chi connectivity index (χ0v) is 18.8. The van der Waals surface area contributed by atoms with Crippen LogP contribution in [-0.4, -0.2) is 67.9 Å². The minimum Gasteiger partial charge on any atom is -0.340 e. The van der Waals surface area contributed by atoms with E-state index >= 15 is 0 Å². The molecule has 2 saturated heterocycles. The first-order chi connectivity index (χ1) is 13.1. The van der Waals surface area contributed by atoms with Crippen LogP contribution in [0.5, 0.6) is 0 Å². The van der Waals surface area contributed by atoms with Gasteiger partial charge >= 0.3 is 0 Å². The highest BCUT2D eigenvalue weighted by atomic mass is 35.5. The third-order valence-electron chi connectivity index (χ3n) is 5.66. The molecule has 0 atom stereocenters. The fourth-order valence-corrected chi connectivity index (χ4v) is 3.83. The van der Waals surface area contributed by atoms with Crippen LogP contribution in [0.3, 0.4) is 0 Å². The van der Waals surface area contributed by atoms with E-state index in [2.05, 4.69) is 22.6 Å². The Bertz CT molecular complexity index is 645. The van der Waals surface area contributed by atoms with Crippen LogP contribution in [0.4, 0.5) is 5.69 Å². The molecule has 0 spiro atoms. The summed E-state index contributed by atoms with van der Waals surface area (Å²) in [4.78, 5) is 28.9. The van der Waals surface area contributed by atoms with Gasteiger partial charge in [0.1, 0.15) is 0 Å². The highest BCUT2D eigenvalue weighted by molar-refractivity contribution is 5.91. The van der Waals surface area contributed by atoms with E-state index in [1.807, 2.05) is 29.2 Å². The number of hydrogen-bond acceptors (Lipinski definition) is 4. The van der Waals surface area contributed by atoms with Gasteiger partial charge in [-0.3, -0.25) is 9.59 Å². The molecule has 2 aliphatic rings. The quantitative estimate of drug-likeness (QED) is 0.707. The normalized spacial score (nSPS) is 17.8.